The molecule has 2 aliphatic rings. The van der Waals surface area contributed by atoms with Crippen molar-refractivity contribution in [2.45, 2.75) is 96.6 Å². The molecule has 0 bridgehead atoms. The van der Waals surface area contributed by atoms with Crippen molar-refractivity contribution in [2.75, 3.05) is 13.2 Å². The van der Waals surface area contributed by atoms with Crippen LogP contribution in [0.25, 0.3) is 0 Å². The molecule has 5 heteroatoms. The first-order valence-electron chi connectivity index (χ1n) is 9.01. The van der Waals surface area contributed by atoms with Crippen molar-refractivity contribution < 1.29 is 18.6 Å². The standard InChI is InChI=1S/C18H36O4Si/c1-13(11-20-23(7,8)17(2,3)4)16-10-14(9-15-12-19-15)21-18(5,6)22-16/h13-16H,9-12H2,1-8H3/t13-,14-,15-,16+/m0/s1. The van der Waals surface area contributed by atoms with Crippen molar-refractivity contribution in [3.05, 3.63) is 0 Å². The van der Waals surface area contributed by atoms with Gasteiger partial charge >= 0.3 is 0 Å². The maximum atomic E-state index is 6.40. The summed E-state index contributed by atoms with van der Waals surface area (Å²) < 4.78 is 24.0. The minimum absolute atomic E-state index is 0.187. The van der Waals surface area contributed by atoms with Crippen LogP contribution in [0.1, 0.15) is 54.4 Å². The summed E-state index contributed by atoms with van der Waals surface area (Å²) in [6.45, 7) is 19.4. The zero-order valence-corrected chi connectivity index (χ0v) is 17.3. The van der Waals surface area contributed by atoms with Gasteiger partial charge in [-0.25, -0.2) is 0 Å². The number of ether oxygens (including phenoxy) is 3. The maximum absolute atomic E-state index is 6.40. The average molecular weight is 345 g/mol. The molecule has 4 nitrogen and oxygen atoms in total. The largest absolute Gasteiger partial charge is 0.416 e. The molecule has 2 fully saturated rings. The predicted molar refractivity (Wildman–Crippen MR) is 95.1 cm³/mol. The van der Waals surface area contributed by atoms with E-state index in [-0.39, 0.29) is 17.2 Å². The first-order valence-corrected chi connectivity index (χ1v) is 11.9. The molecule has 23 heavy (non-hydrogen) atoms. The highest BCUT2D eigenvalue weighted by Crippen LogP contribution is 2.38. The highest BCUT2D eigenvalue weighted by atomic mass is 28.4. The molecule has 0 saturated carbocycles. The van der Waals surface area contributed by atoms with Crippen LogP contribution in [-0.4, -0.2) is 45.6 Å². The van der Waals surface area contributed by atoms with Crippen molar-refractivity contribution >= 4 is 8.32 Å². The van der Waals surface area contributed by atoms with Gasteiger partial charge in [0, 0.05) is 25.4 Å². The van der Waals surface area contributed by atoms with Crippen molar-refractivity contribution in [2.24, 2.45) is 5.92 Å². The maximum Gasteiger partial charge on any atom is 0.191 e. The number of rotatable bonds is 6. The summed E-state index contributed by atoms with van der Waals surface area (Å²) in [5.74, 6) is -0.150. The van der Waals surface area contributed by atoms with Crippen molar-refractivity contribution in [1.29, 1.82) is 0 Å². The van der Waals surface area contributed by atoms with Gasteiger partial charge in [-0.3, -0.25) is 0 Å². The number of hydrogen-bond donors (Lipinski definition) is 0. The molecule has 0 aromatic heterocycles. The van der Waals surface area contributed by atoms with Gasteiger partial charge in [-0.05, 0) is 32.0 Å². The van der Waals surface area contributed by atoms with E-state index in [1.165, 1.54) is 0 Å². The van der Waals surface area contributed by atoms with Crippen LogP contribution in [0, 0.1) is 5.92 Å². The van der Waals surface area contributed by atoms with Crippen LogP contribution >= 0.6 is 0 Å². The van der Waals surface area contributed by atoms with E-state index in [4.69, 9.17) is 18.6 Å². The number of hydrogen-bond acceptors (Lipinski definition) is 4. The lowest BCUT2D eigenvalue weighted by molar-refractivity contribution is -0.309. The predicted octanol–water partition coefficient (Wildman–Crippen LogP) is 4.34. The Bertz CT molecular complexity index is 398. The molecule has 0 spiro atoms. The van der Waals surface area contributed by atoms with Gasteiger partial charge in [-0.15, -0.1) is 0 Å². The van der Waals surface area contributed by atoms with E-state index >= 15 is 0 Å². The van der Waals surface area contributed by atoms with Crippen LogP contribution in [-0.2, 0) is 18.6 Å². The molecule has 2 saturated heterocycles. The Morgan fingerprint density at radius 3 is 2.30 bits per heavy atom. The molecule has 2 aliphatic heterocycles. The van der Waals surface area contributed by atoms with E-state index in [0.717, 1.165) is 26.1 Å². The Balaban J connectivity index is 1.90. The Morgan fingerprint density at radius 2 is 1.78 bits per heavy atom. The highest BCUT2D eigenvalue weighted by molar-refractivity contribution is 6.74. The van der Waals surface area contributed by atoms with Crippen LogP contribution in [0.4, 0.5) is 0 Å². The van der Waals surface area contributed by atoms with E-state index in [1.807, 2.05) is 13.8 Å². The molecule has 0 N–H and O–H groups in total. The van der Waals surface area contributed by atoms with Gasteiger partial charge in [0.05, 0.1) is 24.9 Å². The van der Waals surface area contributed by atoms with Gasteiger partial charge in [0.2, 0.25) is 0 Å². The fourth-order valence-electron chi connectivity index (χ4n) is 2.80. The molecule has 2 heterocycles. The van der Waals surface area contributed by atoms with Crippen LogP contribution in [0.3, 0.4) is 0 Å². The molecule has 136 valence electrons. The molecule has 0 radical (unpaired) electrons. The summed E-state index contributed by atoms with van der Waals surface area (Å²) >= 11 is 0. The third-order valence-corrected chi connectivity index (χ3v) is 9.96. The smallest absolute Gasteiger partial charge is 0.191 e. The lowest BCUT2D eigenvalue weighted by Crippen LogP contribution is -2.49. The van der Waals surface area contributed by atoms with Gasteiger partial charge in [-0.2, -0.15) is 0 Å². The van der Waals surface area contributed by atoms with Crippen molar-refractivity contribution in [3.8, 4) is 0 Å². The molecule has 0 aromatic rings. The summed E-state index contributed by atoms with van der Waals surface area (Å²) in [4.78, 5) is 0. The second kappa shape index (κ2) is 6.75. The number of epoxide rings is 1. The average Bonchev–Trinajstić information content (AvgIpc) is 3.16. The highest BCUT2D eigenvalue weighted by Gasteiger charge is 2.42. The second-order valence-electron chi connectivity index (χ2n) is 9.27. The first kappa shape index (κ1) is 19.4. The third kappa shape index (κ3) is 5.53. The summed E-state index contributed by atoms with van der Waals surface area (Å²) in [6.07, 6.45) is 2.73. The van der Waals surface area contributed by atoms with Gasteiger partial charge < -0.3 is 18.6 Å². The van der Waals surface area contributed by atoms with E-state index in [0.29, 0.717) is 12.0 Å². The molecule has 0 aromatic carbocycles. The van der Waals surface area contributed by atoms with Crippen LogP contribution < -0.4 is 0 Å². The minimum atomic E-state index is -1.71. The lowest BCUT2D eigenvalue weighted by Gasteiger charge is -2.44. The normalized spacial score (nSPS) is 32.6. The molecule has 0 amide bonds. The molecular weight excluding hydrogens is 308 g/mol. The molecule has 2 rings (SSSR count). The third-order valence-electron chi connectivity index (χ3n) is 5.46. The Morgan fingerprint density at radius 1 is 1.17 bits per heavy atom. The van der Waals surface area contributed by atoms with Gasteiger partial charge in [0.1, 0.15) is 0 Å². The Labute approximate surface area is 143 Å². The van der Waals surface area contributed by atoms with E-state index in [2.05, 4.69) is 40.8 Å². The molecule has 4 atom stereocenters. The quantitative estimate of drug-likeness (QED) is 0.531. The zero-order chi connectivity index (χ0) is 17.5. The Kier molecular flexibility index (Phi) is 5.69. The van der Waals surface area contributed by atoms with E-state index < -0.39 is 14.1 Å². The molecule has 0 unspecified atom stereocenters. The summed E-state index contributed by atoms with van der Waals surface area (Å²) in [5.41, 5.74) is 0. The monoisotopic (exact) mass is 344 g/mol. The van der Waals surface area contributed by atoms with Gasteiger partial charge in [0.15, 0.2) is 14.1 Å². The minimum Gasteiger partial charge on any atom is -0.416 e. The van der Waals surface area contributed by atoms with Crippen LogP contribution in [0.2, 0.25) is 18.1 Å². The lowest BCUT2D eigenvalue weighted by atomic mass is 9.95. The molecule has 0 aliphatic carbocycles. The van der Waals surface area contributed by atoms with Crippen molar-refractivity contribution in [3.63, 3.8) is 0 Å². The van der Waals surface area contributed by atoms with Crippen molar-refractivity contribution in [1.82, 2.24) is 0 Å². The summed E-state index contributed by atoms with van der Waals surface area (Å²) in [6, 6.07) is 0. The fraction of sp³-hybridized carbons (Fsp3) is 1.00. The fourth-order valence-corrected chi connectivity index (χ4v) is 3.92. The zero-order valence-electron chi connectivity index (χ0n) is 16.3. The molecular formula is C18H36O4Si. The van der Waals surface area contributed by atoms with E-state index in [9.17, 15) is 0 Å². The summed E-state index contributed by atoms with van der Waals surface area (Å²) in [7, 11) is -1.71. The van der Waals surface area contributed by atoms with Crippen LogP contribution in [0.15, 0.2) is 0 Å². The van der Waals surface area contributed by atoms with Gasteiger partial charge in [-0.1, -0.05) is 27.7 Å². The van der Waals surface area contributed by atoms with Gasteiger partial charge in [0.25, 0.3) is 0 Å². The van der Waals surface area contributed by atoms with Crippen LogP contribution in [0.5, 0.6) is 0 Å². The second-order valence-corrected chi connectivity index (χ2v) is 14.1. The van der Waals surface area contributed by atoms with E-state index in [1.54, 1.807) is 0 Å². The topological polar surface area (TPSA) is 40.2 Å². The SMILES string of the molecule is C[C@@H](CO[Si](C)(C)C(C)(C)C)[C@H]1C[C@H](C[C@H]2CO2)OC(C)(C)O1. The Hall–Kier alpha value is 0.0569. The first-order chi connectivity index (χ1) is 10.4. The summed E-state index contributed by atoms with van der Waals surface area (Å²) in [5, 5.41) is 0.244.